The van der Waals surface area contributed by atoms with Crippen LogP contribution in [0.3, 0.4) is 0 Å². The molecule has 0 aromatic heterocycles. The van der Waals surface area contributed by atoms with E-state index in [0.717, 1.165) is 6.42 Å². The molecule has 1 aliphatic carbocycles. The number of ether oxygens (including phenoxy) is 1. The molecule has 0 radical (unpaired) electrons. The second kappa shape index (κ2) is 2.31. The fourth-order valence-electron chi connectivity index (χ4n) is 2.15. The molecule has 0 spiro atoms. The molecule has 1 heterocycles. The van der Waals surface area contributed by atoms with Crippen LogP contribution in [-0.4, -0.2) is 18.4 Å². The van der Waals surface area contributed by atoms with Crippen LogP contribution in [0.5, 0.6) is 0 Å². The summed E-state index contributed by atoms with van der Waals surface area (Å²) in [4.78, 5) is 22.3. The predicted octanol–water partition coefficient (Wildman–Crippen LogP) is 0.919. The topological polar surface area (TPSA) is 43.4 Å². The average molecular weight is 168 g/mol. The van der Waals surface area contributed by atoms with E-state index in [0.29, 0.717) is 19.4 Å². The summed E-state index contributed by atoms with van der Waals surface area (Å²) in [6, 6.07) is 0. The van der Waals surface area contributed by atoms with E-state index in [1.165, 1.54) is 0 Å². The minimum Gasteiger partial charge on any atom is -0.465 e. The van der Waals surface area contributed by atoms with Crippen LogP contribution in [0.2, 0.25) is 0 Å². The molecule has 2 aliphatic rings. The lowest BCUT2D eigenvalue weighted by Crippen LogP contribution is -2.38. The van der Waals surface area contributed by atoms with Crippen molar-refractivity contribution in [1.82, 2.24) is 0 Å². The molecule has 0 aromatic rings. The van der Waals surface area contributed by atoms with Gasteiger partial charge in [-0.1, -0.05) is 6.92 Å². The van der Waals surface area contributed by atoms with Gasteiger partial charge in [-0.2, -0.15) is 0 Å². The van der Waals surface area contributed by atoms with E-state index >= 15 is 0 Å². The molecule has 0 amide bonds. The number of carbonyl (C=O) groups is 2. The van der Waals surface area contributed by atoms with Gasteiger partial charge >= 0.3 is 5.97 Å². The molecule has 3 heteroatoms. The smallest absolute Gasteiger partial charge is 0.306 e. The van der Waals surface area contributed by atoms with Gasteiger partial charge < -0.3 is 4.74 Å². The van der Waals surface area contributed by atoms with Gasteiger partial charge in [-0.25, -0.2) is 0 Å². The molecule has 0 aromatic carbocycles. The zero-order valence-corrected chi connectivity index (χ0v) is 7.13. The summed E-state index contributed by atoms with van der Waals surface area (Å²) < 4.78 is 4.95. The van der Waals surface area contributed by atoms with Crippen molar-refractivity contribution in [2.45, 2.75) is 26.2 Å². The highest BCUT2D eigenvalue weighted by atomic mass is 16.5. The molecule has 0 N–H and O–H groups in total. The standard InChI is InChI=1S/C9H12O3/c1-9-3-2-7(10)6(9)4-8(11)12-5-9/h6H,2-5H2,1H3/t6-,9-/m1/s1. The highest BCUT2D eigenvalue weighted by Gasteiger charge is 2.49. The Labute approximate surface area is 71.1 Å². The zero-order chi connectivity index (χ0) is 8.77. The highest BCUT2D eigenvalue weighted by Crippen LogP contribution is 2.45. The van der Waals surface area contributed by atoms with Gasteiger partial charge in [0, 0.05) is 17.8 Å². The average Bonchev–Trinajstić information content (AvgIpc) is 2.31. The van der Waals surface area contributed by atoms with Crippen molar-refractivity contribution in [1.29, 1.82) is 0 Å². The quantitative estimate of drug-likeness (QED) is 0.505. The third kappa shape index (κ3) is 0.958. The lowest BCUT2D eigenvalue weighted by molar-refractivity contribution is -0.159. The van der Waals surface area contributed by atoms with Gasteiger partial charge in [0.2, 0.25) is 0 Å². The van der Waals surface area contributed by atoms with E-state index < -0.39 is 0 Å². The molecule has 2 fully saturated rings. The van der Waals surface area contributed by atoms with Gasteiger partial charge in [0.15, 0.2) is 0 Å². The van der Waals surface area contributed by atoms with Crippen molar-refractivity contribution in [3.63, 3.8) is 0 Å². The first-order chi connectivity index (χ1) is 5.62. The monoisotopic (exact) mass is 168 g/mol. The van der Waals surface area contributed by atoms with Crippen LogP contribution in [-0.2, 0) is 14.3 Å². The number of Topliss-reactive ketones (excluding diaryl/α,β-unsaturated/α-hetero) is 1. The Bertz CT molecular complexity index is 246. The van der Waals surface area contributed by atoms with Gasteiger partial charge in [0.1, 0.15) is 5.78 Å². The van der Waals surface area contributed by atoms with Crippen LogP contribution in [0.15, 0.2) is 0 Å². The van der Waals surface area contributed by atoms with Gasteiger partial charge in [-0.15, -0.1) is 0 Å². The zero-order valence-electron chi connectivity index (χ0n) is 7.13. The van der Waals surface area contributed by atoms with Gasteiger partial charge in [0.05, 0.1) is 13.0 Å². The second-order valence-corrected chi connectivity index (χ2v) is 4.04. The predicted molar refractivity (Wildman–Crippen MR) is 41.4 cm³/mol. The minimum atomic E-state index is -0.215. The SMILES string of the molecule is C[C@]12CCC(=O)[C@H]1CC(=O)OC2. The maximum atomic E-state index is 11.4. The van der Waals surface area contributed by atoms with Crippen LogP contribution < -0.4 is 0 Å². The fraction of sp³-hybridized carbons (Fsp3) is 0.778. The van der Waals surface area contributed by atoms with E-state index in [1.54, 1.807) is 0 Å². The summed E-state index contributed by atoms with van der Waals surface area (Å²) in [7, 11) is 0. The van der Waals surface area contributed by atoms with E-state index in [9.17, 15) is 9.59 Å². The summed E-state index contributed by atoms with van der Waals surface area (Å²) in [6.45, 7) is 2.47. The number of carbonyl (C=O) groups excluding carboxylic acids is 2. The number of hydrogen-bond donors (Lipinski definition) is 0. The lowest BCUT2D eigenvalue weighted by atomic mass is 9.77. The maximum absolute atomic E-state index is 11.4. The summed E-state index contributed by atoms with van der Waals surface area (Å²) in [5, 5.41) is 0. The number of rotatable bonds is 0. The van der Waals surface area contributed by atoms with Gasteiger partial charge in [-0.3, -0.25) is 9.59 Å². The minimum absolute atomic E-state index is 0.0506. The number of esters is 1. The van der Waals surface area contributed by atoms with Crippen LogP contribution in [0, 0.1) is 11.3 Å². The van der Waals surface area contributed by atoms with Crippen LogP contribution in [0.4, 0.5) is 0 Å². The van der Waals surface area contributed by atoms with E-state index in [2.05, 4.69) is 0 Å². The van der Waals surface area contributed by atoms with E-state index in [1.807, 2.05) is 6.92 Å². The highest BCUT2D eigenvalue weighted by molar-refractivity contribution is 5.89. The summed E-state index contributed by atoms with van der Waals surface area (Å²) in [5.41, 5.74) is -0.0506. The van der Waals surface area contributed by atoms with Crippen molar-refractivity contribution >= 4 is 11.8 Å². The van der Waals surface area contributed by atoms with Crippen LogP contribution in [0.25, 0.3) is 0 Å². The molecule has 2 rings (SSSR count). The largest absolute Gasteiger partial charge is 0.465 e. The molecule has 0 unspecified atom stereocenters. The van der Waals surface area contributed by atoms with E-state index in [4.69, 9.17) is 4.74 Å². The number of ketones is 1. The molecular formula is C9H12O3. The maximum Gasteiger partial charge on any atom is 0.306 e. The molecular weight excluding hydrogens is 156 g/mol. The number of fused-ring (bicyclic) bond motifs is 1. The summed E-state index contributed by atoms with van der Waals surface area (Å²) in [5.74, 6) is -0.0272. The molecule has 2 atom stereocenters. The van der Waals surface area contributed by atoms with Crippen LogP contribution in [0.1, 0.15) is 26.2 Å². The molecule has 1 saturated carbocycles. The van der Waals surface area contributed by atoms with E-state index in [-0.39, 0.29) is 23.1 Å². The van der Waals surface area contributed by atoms with Gasteiger partial charge in [-0.05, 0) is 6.42 Å². The third-order valence-corrected chi connectivity index (χ3v) is 3.11. The fourth-order valence-corrected chi connectivity index (χ4v) is 2.15. The van der Waals surface area contributed by atoms with Crippen molar-refractivity contribution < 1.29 is 14.3 Å². The third-order valence-electron chi connectivity index (χ3n) is 3.11. The van der Waals surface area contributed by atoms with Crippen LogP contribution >= 0.6 is 0 Å². The first-order valence-corrected chi connectivity index (χ1v) is 4.30. The first kappa shape index (κ1) is 7.77. The summed E-state index contributed by atoms with van der Waals surface area (Å²) >= 11 is 0. The Morgan fingerprint density at radius 2 is 2.25 bits per heavy atom. The lowest BCUT2D eigenvalue weighted by Gasteiger charge is -2.33. The van der Waals surface area contributed by atoms with Crippen molar-refractivity contribution in [2.24, 2.45) is 11.3 Å². The molecule has 0 bridgehead atoms. The Morgan fingerprint density at radius 3 is 3.00 bits per heavy atom. The summed E-state index contributed by atoms with van der Waals surface area (Å²) in [6.07, 6.45) is 1.80. The number of hydrogen-bond acceptors (Lipinski definition) is 3. The second-order valence-electron chi connectivity index (χ2n) is 4.04. The normalized spacial score (nSPS) is 40.9. The van der Waals surface area contributed by atoms with Crippen molar-refractivity contribution in [3.8, 4) is 0 Å². The number of cyclic esters (lactones) is 1. The molecule has 3 nitrogen and oxygen atoms in total. The Balaban J connectivity index is 2.24. The molecule has 12 heavy (non-hydrogen) atoms. The molecule has 66 valence electrons. The Morgan fingerprint density at radius 1 is 1.50 bits per heavy atom. The first-order valence-electron chi connectivity index (χ1n) is 4.30. The van der Waals surface area contributed by atoms with Crippen molar-refractivity contribution in [3.05, 3.63) is 0 Å². The Kier molecular flexibility index (Phi) is 1.50. The Hall–Kier alpha value is -0.860. The molecule has 1 aliphatic heterocycles. The van der Waals surface area contributed by atoms with Crippen molar-refractivity contribution in [2.75, 3.05) is 6.61 Å². The van der Waals surface area contributed by atoms with Gasteiger partial charge in [0.25, 0.3) is 0 Å². The molecule has 1 saturated heterocycles.